The van der Waals surface area contributed by atoms with Gasteiger partial charge < -0.3 is 29.9 Å². The molecule has 5 heterocycles. The van der Waals surface area contributed by atoms with Gasteiger partial charge in [0.15, 0.2) is 0 Å². The van der Waals surface area contributed by atoms with Crippen LogP contribution in [0.15, 0.2) is 24.3 Å². The molecule has 6 rings (SSSR count). The quantitative estimate of drug-likeness (QED) is 0.503. The second-order valence-corrected chi connectivity index (χ2v) is 13.4. The molecule has 4 saturated heterocycles. The lowest BCUT2D eigenvalue weighted by Gasteiger charge is -2.44. The van der Waals surface area contributed by atoms with E-state index in [9.17, 15) is 32.8 Å². The summed E-state index contributed by atoms with van der Waals surface area (Å²) in [4.78, 5) is 76.1. The second-order valence-electron chi connectivity index (χ2n) is 13.4. The lowest BCUT2D eigenvalue weighted by Crippen LogP contribution is -2.62. The standard InChI is InChI=1S/C33H42F2N6O5/c1-20(42)39-13-10-25-7-9-28(32(46)40-18-23(19-40)30(44)38-11-4-3-5-12-38)41(25)31(45)22(17-39)16-36-29(43)27-15-21-14-24(33(2,34)35)6-8-26(21)37-27/h6,8,14-15,22-23,25,28,37H,3-5,7,9-13,16-19H2,1-2H3,(H,36,43)/t22?,25-,28+/m1/s1. The molecule has 0 saturated carbocycles. The molecular weight excluding hydrogens is 598 g/mol. The Morgan fingerprint density at radius 2 is 1.65 bits per heavy atom. The van der Waals surface area contributed by atoms with Gasteiger partial charge in [0.25, 0.3) is 11.8 Å². The van der Waals surface area contributed by atoms with Gasteiger partial charge in [0.05, 0.1) is 11.8 Å². The van der Waals surface area contributed by atoms with Gasteiger partial charge in [0.1, 0.15) is 11.7 Å². The molecule has 4 aliphatic rings. The number of carbonyl (C=O) groups is 5. The number of nitrogens with one attached hydrogen (secondary N) is 2. The Morgan fingerprint density at radius 1 is 0.913 bits per heavy atom. The maximum atomic E-state index is 14.1. The van der Waals surface area contributed by atoms with Crippen molar-refractivity contribution in [1.82, 2.24) is 29.9 Å². The third kappa shape index (κ3) is 6.32. The minimum absolute atomic E-state index is 0.0741. The highest BCUT2D eigenvalue weighted by Crippen LogP contribution is 2.34. The Hall–Kier alpha value is -4.03. The van der Waals surface area contributed by atoms with Gasteiger partial charge in [-0.05, 0) is 56.7 Å². The van der Waals surface area contributed by atoms with Gasteiger partial charge in [0, 0.05) is 82.2 Å². The Balaban J connectivity index is 1.13. The average Bonchev–Trinajstić information content (AvgIpc) is 3.62. The zero-order chi connectivity index (χ0) is 32.7. The Kier molecular flexibility index (Phi) is 8.77. The first-order valence-electron chi connectivity index (χ1n) is 16.3. The summed E-state index contributed by atoms with van der Waals surface area (Å²) in [6, 6.07) is 4.76. The molecule has 46 heavy (non-hydrogen) atoms. The predicted molar refractivity (Wildman–Crippen MR) is 165 cm³/mol. The van der Waals surface area contributed by atoms with E-state index in [4.69, 9.17) is 0 Å². The number of hydrogen-bond donors (Lipinski definition) is 2. The number of fused-ring (bicyclic) bond motifs is 2. The predicted octanol–water partition coefficient (Wildman–Crippen LogP) is 2.71. The summed E-state index contributed by atoms with van der Waals surface area (Å²) >= 11 is 0. The number of alkyl halides is 2. The van der Waals surface area contributed by atoms with Gasteiger partial charge in [-0.1, -0.05) is 6.07 Å². The first-order valence-corrected chi connectivity index (χ1v) is 16.3. The molecule has 248 valence electrons. The van der Waals surface area contributed by atoms with E-state index in [1.165, 1.54) is 31.2 Å². The third-order valence-electron chi connectivity index (χ3n) is 10.1. The highest BCUT2D eigenvalue weighted by Gasteiger charge is 2.48. The molecule has 0 bridgehead atoms. The summed E-state index contributed by atoms with van der Waals surface area (Å²) in [5.74, 6) is -5.04. The van der Waals surface area contributed by atoms with E-state index in [2.05, 4.69) is 10.3 Å². The number of likely N-dealkylation sites (tertiary alicyclic amines) is 2. The van der Waals surface area contributed by atoms with Crippen molar-refractivity contribution < 1.29 is 32.8 Å². The Morgan fingerprint density at radius 3 is 2.35 bits per heavy atom. The van der Waals surface area contributed by atoms with Gasteiger partial charge in [-0.3, -0.25) is 24.0 Å². The van der Waals surface area contributed by atoms with Crippen LogP contribution in [0.2, 0.25) is 0 Å². The Labute approximate surface area is 266 Å². The van der Waals surface area contributed by atoms with Crippen molar-refractivity contribution in [3.8, 4) is 0 Å². The maximum absolute atomic E-state index is 14.1. The fraction of sp³-hybridized carbons (Fsp3) is 0.606. The normalized spacial score (nSPS) is 24.3. The number of hydrogen-bond acceptors (Lipinski definition) is 5. The van der Waals surface area contributed by atoms with Crippen molar-refractivity contribution in [2.75, 3.05) is 45.8 Å². The van der Waals surface area contributed by atoms with Crippen LogP contribution in [0.4, 0.5) is 8.78 Å². The highest BCUT2D eigenvalue weighted by molar-refractivity contribution is 5.98. The molecule has 0 radical (unpaired) electrons. The number of aromatic nitrogens is 1. The fourth-order valence-corrected chi connectivity index (χ4v) is 7.37. The molecule has 4 aliphatic heterocycles. The van der Waals surface area contributed by atoms with Crippen molar-refractivity contribution in [2.45, 2.75) is 70.4 Å². The summed E-state index contributed by atoms with van der Waals surface area (Å²) in [5, 5.41) is 3.25. The number of rotatable bonds is 6. The second kappa shape index (κ2) is 12.6. The number of H-pyrrole nitrogens is 1. The van der Waals surface area contributed by atoms with E-state index >= 15 is 0 Å². The van der Waals surface area contributed by atoms with Crippen molar-refractivity contribution in [2.24, 2.45) is 11.8 Å². The van der Waals surface area contributed by atoms with E-state index in [0.717, 1.165) is 39.3 Å². The van der Waals surface area contributed by atoms with Crippen LogP contribution in [0.1, 0.15) is 68.4 Å². The molecular formula is C33H42F2N6O5. The van der Waals surface area contributed by atoms with E-state index in [0.29, 0.717) is 49.8 Å². The van der Waals surface area contributed by atoms with Gasteiger partial charge >= 0.3 is 0 Å². The van der Waals surface area contributed by atoms with E-state index in [1.807, 2.05) is 4.90 Å². The van der Waals surface area contributed by atoms with E-state index in [-0.39, 0.29) is 59.9 Å². The van der Waals surface area contributed by atoms with Crippen molar-refractivity contribution >= 4 is 40.4 Å². The first kappa shape index (κ1) is 31.9. The number of aromatic amines is 1. The smallest absolute Gasteiger partial charge is 0.270 e. The van der Waals surface area contributed by atoms with E-state index < -0.39 is 23.8 Å². The lowest BCUT2D eigenvalue weighted by molar-refractivity contribution is -0.157. The maximum Gasteiger partial charge on any atom is 0.270 e. The largest absolute Gasteiger partial charge is 0.351 e. The van der Waals surface area contributed by atoms with Crippen LogP contribution in [0.5, 0.6) is 0 Å². The van der Waals surface area contributed by atoms with Crippen LogP contribution in [-0.2, 0) is 25.1 Å². The van der Waals surface area contributed by atoms with Crippen LogP contribution in [0, 0.1) is 11.8 Å². The number of piperidine rings is 1. The van der Waals surface area contributed by atoms with Crippen molar-refractivity contribution in [3.63, 3.8) is 0 Å². The molecule has 5 amide bonds. The molecule has 1 aromatic carbocycles. The van der Waals surface area contributed by atoms with Crippen LogP contribution in [0.3, 0.4) is 0 Å². The molecule has 0 aliphatic carbocycles. The number of nitrogens with zero attached hydrogens (tertiary/aromatic N) is 4. The summed E-state index contributed by atoms with van der Waals surface area (Å²) in [6.07, 6.45) is 4.83. The van der Waals surface area contributed by atoms with Crippen LogP contribution in [0.25, 0.3) is 10.9 Å². The van der Waals surface area contributed by atoms with Crippen LogP contribution >= 0.6 is 0 Å². The summed E-state index contributed by atoms with van der Waals surface area (Å²) < 4.78 is 27.7. The number of benzene rings is 1. The summed E-state index contributed by atoms with van der Waals surface area (Å²) in [5.41, 5.74) is 0.518. The number of amides is 5. The summed E-state index contributed by atoms with van der Waals surface area (Å²) in [7, 11) is 0. The Bertz CT molecular complexity index is 1530. The molecule has 13 heteroatoms. The van der Waals surface area contributed by atoms with Crippen LogP contribution < -0.4 is 5.32 Å². The molecule has 2 aromatic rings. The molecule has 4 fully saturated rings. The zero-order valence-electron chi connectivity index (χ0n) is 26.4. The molecule has 3 atom stereocenters. The molecule has 0 spiro atoms. The third-order valence-corrected chi connectivity index (χ3v) is 10.1. The van der Waals surface area contributed by atoms with Gasteiger partial charge in [-0.25, -0.2) is 8.78 Å². The zero-order valence-corrected chi connectivity index (χ0v) is 26.4. The van der Waals surface area contributed by atoms with Crippen molar-refractivity contribution in [3.05, 3.63) is 35.5 Å². The van der Waals surface area contributed by atoms with E-state index in [1.54, 1.807) is 14.7 Å². The van der Waals surface area contributed by atoms with Crippen LogP contribution in [-0.4, -0.2) is 112 Å². The first-order chi connectivity index (χ1) is 21.9. The molecule has 2 N–H and O–H groups in total. The van der Waals surface area contributed by atoms with Crippen molar-refractivity contribution in [1.29, 1.82) is 0 Å². The minimum atomic E-state index is -3.02. The average molecular weight is 641 g/mol. The monoisotopic (exact) mass is 640 g/mol. The van der Waals surface area contributed by atoms with Gasteiger partial charge in [0.2, 0.25) is 23.6 Å². The SMILES string of the molecule is CC(=O)N1CC[C@H]2CC[C@@H](C(=O)N3CC(C(=O)N4CCCCC4)C3)N2C(=O)C(CNC(=O)c2cc3cc(C(C)(F)F)ccc3[nH]2)C1. The minimum Gasteiger partial charge on any atom is -0.351 e. The van der Waals surface area contributed by atoms with Gasteiger partial charge in [-0.2, -0.15) is 0 Å². The lowest BCUT2D eigenvalue weighted by atomic mass is 9.95. The number of halogens is 2. The van der Waals surface area contributed by atoms with Gasteiger partial charge in [-0.15, -0.1) is 0 Å². The molecule has 1 unspecified atom stereocenters. The number of carbonyl (C=O) groups excluding carboxylic acids is 5. The topological polar surface area (TPSA) is 126 Å². The fourth-order valence-electron chi connectivity index (χ4n) is 7.37. The molecule has 11 nitrogen and oxygen atoms in total. The molecule has 1 aromatic heterocycles. The summed E-state index contributed by atoms with van der Waals surface area (Å²) in [6.45, 7) is 4.96. The highest BCUT2D eigenvalue weighted by atomic mass is 19.3.